The van der Waals surface area contributed by atoms with Crippen LogP contribution in [0.4, 0.5) is 0 Å². The predicted octanol–water partition coefficient (Wildman–Crippen LogP) is 8.16. The Morgan fingerprint density at radius 2 is 1.39 bits per heavy atom. The van der Waals surface area contributed by atoms with Gasteiger partial charge >= 0.3 is 0 Å². The highest BCUT2D eigenvalue weighted by molar-refractivity contribution is 9.10. The number of rotatable bonds is 7. The summed E-state index contributed by atoms with van der Waals surface area (Å²) in [6, 6.07) is 41.5. The number of hydrogen-bond donors (Lipinski definition) is 0. The van der Waals surface area contributed by atoms with Crippen LogP contribution < -0.4 is 4.74 Å². The van der Waals surface area contributed by atoms with Gasteiger partial charge in [-0.1, -0.05) is 94.8 Å². The van der Waals surface area contributed by atoms with Crippen LogP contribution in [-0.4, -0.2) is 14.8 Å². The molecular weight excluding hydrogens is 534 g/mol. The first-order valence-corrected chi connectivity index (χ1v) is 13.4. The highest BCUT2D eigenvalue weighted by atomic mass is 79.9. The summed E-state index contributed by atoms with van der Waals surface area (Å²) in [5.41, 5.74) is 7.14. The zero-order valence-electron chi connectivity index (χ0n) is 21.0. The van der Waals surface area contributed by atoms with Crippen molar-refractivity contribution in [3.05, 3.63) is 148 Å². The van der Waals surface area contributed by atoms with Crippen molar-refractivity contribution in [3.63, 3.8) is 0 Å². The van der Waals surface area contributed by atoms with Crippen molar-refractivity contribution >= 4 is 26.8 Å². The number of benzene rings is 4. The Kier molecular flexibility index (Phi) is 6.76. The van der Waals surface area contributed by atoms with E-state index in [-0.39, 0.29) is 5.92 Å². The lowest BCUT2D eigenvalue weighted by atomic mass is 9.87. The number of halogens is 1. The Morgan fingerprint density at radius 3 is 2.05 bits per heavy atom. The monoisotopic (exact) mass is 559 g/mol. The molecule has 0 aliphatic rings. The van der Waals surface area contributed by atoms with Crippen molar-refractivity contribution in [1.82, 2.24) is 14.8 Å². The van der Waals surface area contributed by atoms with E-state index in [2.05, 4.69) is 94.8 Å². The Morgan fingerprint density at radius 1 is 0.763 bits per heavy atom. The van der Waals surface area contributed by atoms with E-state index in [0.29, 0.717) is 6.61 Å². The smallest absolute Gasteiger partial charge is 0.131 e. The topological polar surface area (TPSA) is 39.9 Å². The first-order valence-electron chi connectivity index (χ1n) is 12.6. The number of aromatic nitrogens is 3. The third-order valence-electron chi connectivity index (χ3n) is 6.74. The third-order valence-corrected chi connectivity index (χ3v) is 7.24. The Bertz CT molecular complexity index is 1640. The van der Waals surface area contributed by atoms with Crippen LogP contribution in [0.1, 0.15) is 28.4 Å². The summed E-state index contributed by atoms with van der Waals surface area (Å²) >= 11 is 3.59. The number of aryl methyl sites for hydroxylation is 1. The second kappa shape index (κ2) is 10.6. The molecule has 0 amide bonds. The SMILES string of the molecule is Cn1nc(-c2ccc(C(c3ccccc3)c3ccccc3)nc2COc2ccccc2)c2ccc(Br)cc21. The molecule has 6 rings (SSSR count). The molecule has 5 heteroatoms. The highest BCUT2D eigenvalue weighted by Crippen LogP contribution is 2.35. The fourth-order valence-corrected chi connectivity index (χ4v) is 5.28. The number of para-hydroxylation sites is 1. The van der Waals surface area contributed by atoms with Crippen LogP contribution in [0.25, 0.3) is 22.2 Å². The summed E-state index contributed by atoms with van der Waals surface area (Å²) in [6.07, 6.45) is 0. The van der Waals surface area contributed by atoms with E-state index < -0.39 is 0 Å². The molecule has 6 aromatic rings. The molecule has 0 spiro atoms. The lowest BCUT2D eigenvalue weighted by Gasteiger charge is -2.20. The Balaban J connectivity index is 1.50. The van der Waals surface area contributed by atoms with Gasteiger partial charge in [-0.2, -0.15) is 5.10 Å². The molecule has 4 aromatic carbocycles. The van der Waals surface area contributed by atoms with Gasteiger partial charge in [0, 0.05) is 22.5 Å². The van der Waals surface area contributed by atoms with Gasteiger partial charge in [-0.3, -0.25) is 9.67 Å². The molecule has 0 N–H and O–H groups in total. The fraction of sp³-hybridized carbons (Fsp3) is 0.0909. The number of ether oxygens (including phenoxy) is 1. The fourth-order valence-electron chi connectivity index (χ4n) is 4.93. The van der Waals surface area contributed by atoms with Crippen LogP contribution >= 0.6 is 15.9 Å². The van der Waals surface area contributed by atoms with Crippen molar-refractivity contribution in [2.24, 2.45) is 7.05 Å². The number of hydrogen-bond acceptors (Lipinski definition) is 3. The second-order valence-corrected chi connectivity index (χ2v) is 10.1. The molecule has 0 radical (unpaired) electrons. The van der Waals surface area contributed by atoms with Gasteiger partial charge in [0.05, 0.1) is 22.8 Å². The van der Waals surface area contributed by atoms with E-state index in [0.717, 1.165) is 43.8 Å². The van der Waals surface area contributed by atoms with E-state index in [4.69, 9.17) is 14.8 Å². The van der Waals surface area contributed by atoms with E-state index in [1.807, 2.05) is 54.2 Å². The van der Waals surface area contributed by atoms with Crippen LogP contribution in [0, 0.1) is 0 Å². The van der Waals surface area contributed by atoms with E-state index in [1.54, 1.807) is 0 Å². The molecule has 0 saturated heterocycles. The van der Waals surface area contributed by atoms with Crippen molar-refractivity contribution in [3.8, 4) is 17.0 Å². The molecule has 0 bridgehead atoms. The average Bonchev–Trinajstić information content (AvgIpc) is 3.29. The molecule has 0 aliphatic carbocycles. The van der Waals surface area contributed by atoms with Crippen LogP contribution in [0.2, 0.25) is 0 Å². The minimum Gasteiger partial charge on any atom is -0.487 e. The first-order chi connectivity index (χ1) is 18.7. The van der Waals surface area contributed by atoms with Gasteiger partial charge < -0.3 is 4.74 Å². The lowest BCUT2D eigenvalue weighted by Crippen LogP contribution is -2.10. The van der Waals surface area contributed by atoms with Crippen molar-refractivity contribution in [2.45, 2.75) is 12.5 Å². The third kappa shape index (κ3) is 4.85. The van der Waals surface area contributed by atoms with Gasteiger partial charge in [-0.15, -0.1) is 0 Å². The van der Waals surface area contributed by atoms with Gasteiger partial charge in [-0.25, -0.2) is 0 Å². The highest BCUT2D eigenvalue weighted by Gasteiger charge is 2.22. The summed E-state index contributed by atoms with van der Waals surface area (Å²) in [6.45, 7) is 0.331. The van der Waals surface area contributed by atoms with Gasteiger partial charge in [-0.05, 0) is 53.6 Å². The molecule has 0 fully saturated rings. The molecule has 2 heterocycles. The van der Waals surface area contributed by atoms with E-state index >= 15 is 0 Å². The van der Waals surface area contributed by atoms with Gasteiger partial charge in [0.15, 0.2) is 0 Å². The quantitative estimate of drug-likeness (QED) is 0.198. The van der Waals surface area contributed by atoms with Gasteiger partial charge in [0.2, 0.25) is 0 Å². The molecule has 0 saturated carbocycles. The Hall–Kier alpha value is -4.22. The maximum Gasteiger partial charge on any atom is 0.131 e. The maximum atomic E-state index is 6.23. The standard InChI is InChI=1S/C33H26BrN3O/c1-37-31-21-25(34)17-18-28(31)33(36-37)27-19-20-29(35-30(27)22-38-26-15-9-4-10-16-26)32(23-11-5-2-6-12-23)24-13-7-3-8-14-24/h2-21,32H,22H2,1H3. The maximum absolute atomic E-state index is 6.23. The minimum atomic E-state index is -0.00152. The van der Waals surface area contributed by atoms with Crippen LogP contribution in [0.3, 0.4) is 0 Å². The van der Waals surface area contributed by atoms with Crippen LogP contribution in [-0.2, 0) is 13.7 Å². The molecule has 4 nitrogen and oxygen atoms in total. The lowest BCUT2D eigenvalue weighted by molar-refractivity contribution is 0.301. The van der Waals surface area contributed by atoms with Crippen molar-refractivity contribution in [1.29, 1.82) is 0 Å². The molecule has 0 unspecified atom stereocenters. The number of fused-ring (bicyclic) bond motifs is 1. The zero-order valence-corrected chi connectivity index (χ0v) is 22.5. The van der Waals surface area contributed by atoms with Gasteiger partial charge in [0.25, 0.3) is 0 Å². The normalized spacial score (nSPS) is 11.2. The number of pyridine rings is 1. The summed E-state index contributed by atoms with van der Waals surface area (Å²) < 4.78 is 9.17. The Labute approximate surface area is 230 Å². The van der Waals surface area contributed by atoms with E-state index in [9.17, 15) is 0 Å². The summed E-state index contributed by atoms with van der Waals surface area (Å²) in [4.78, 5) is 5.27. The average molecular weight is 560 g/mol. The van der Waals surface area contributed by atoms with Crippen LogP contribution in [0.15, 0.2) is 126 Å². The molecule has 0 aliphatic heterocycles. The predicted molar refractivity (Wildman–Crippen MR) is 156 cm³/mol. The molecule has 38 heavy (non-hydrogen) atoms. The summed E-state index contributed by atoms with van der Waals surface area (Å²) in [5.74, 6) is 0.807. The van der Waals surface area contributed by atoms with Gasteiger partial charge in [0.1, 0.15) is 18.1 Å². The van der Waals surface area contributed by atoms with E-state index in [1.165, 1.54) is 11.1 Å². The molecular formula is C33H26BrN3O. The minimum absolute atomic E-state index is 0.00152. The number of nitrogens with zero attached hydrogens (tertiary/aromatic N) is 3. The zero-order chi connectivity index (χ0) is 25.9. The molecule has 0 atom stereocenters. The largest absolute Gasteiger partial charge is 0.487 e. The summed E-state index contributed by atoms with van der Waals surface area (Å²) in [7, 11) is 1.97. The van der Waals surface area contributed by atoms with Crippen LogP contribution in [0.5, 0.6) is 5.75 Å². The molecule has 2 aromatic heterocycles. The molecule has 186 valence electrons. The second-order valence-electron chi connectivity index (χ2n) is 9.22. The first kappa shape index (κ1) is 24.1. The van der Waals surface area contributed by atoms with Crippen molar-refractivity contribution in [2.75, 3.05) is 0 Å². The van der Waals surface area contributed by atoms with Crippen molar-refractivity contribution < 1.29 is 4.74 Å². The summed E-state index contributed by atoms with van der Waals surface area (Å²) in [5, 5.41) is 5.99.